The molecule has 0 unspecified atom stereocenters. The van der Waals surface area contributed by atoms with Crippen LogP contribution in [-0.4, -0.2) is 33.9 Å². The minimum Gasteiger partial charge on any atom is -0.409 e. The van der Waals surface area contributed by atoms with Crippen molar-refractivity contribution < 1.29 is 10.0 Å². The summed E-state index contributed by atoms with van der Waals surface area (Å²) in [6.07, 6.45) is 3.24. The zero-order valence-electron chi connectivity index (χ0n) is 9.31. The predicted octanol–water partition coefficient (Wildman–Crippen LogP) is 0.912. The number of carbonyl (C=O) groups is 1. The number of rotatable bonds is 2. The fourth-order valence-electron chi connectivity index (χ4n) is 2.19. The first-order valence-electron chi connectivity index (χ1n) is 5.33. The fourth-order valence-corrected chi connectivity index (χ4v) is 2.19. The molecular weight excluding hydrogens is 194 g/mol. The van der Waals surface area contributed by atoms with Gasteiger partial charge in [-0.3, -0.25) is 4.79 Å². The molecule has 1 fully saturated rings. The first-order chi connectivity index (χ1) is 7.06. The lowest BCUT2D eigenvalue weighted by atomic mass is 9.97. The number of piperidine rings is 1. The van der Waals surface area contributed by atoms with Gasteiger partial charge >= 0.3 is 0 Å². The summed E-state index contributed by atoms with van der Waals surface area (Å²) in [6.45, 7) is 4.08. The topological polar surface area (TPSA) is 78.9 Å². The molecule has 5 heteroatoms. The van der Waals surface area contributed by atoms with Crippen molar-refractivity contribution in [2.45, 2.75) is 51.6 Å². The molecule has 1 rings (SSSR count). The highest BCUT2D eigenvalue weighted by atomic mass is 16.4. The maximum absolute atomic E-state index is 11.8. The average molecular weight is 213 g/mol. The summed E-state index contributed by atoms with van der Waals surface area (Å²) in [6, 6.07) is 0.514. The number of hydrogen-bond donors (Lipinski definition) is 2. The number of amidine groups is 1. The fraction of sp³-hybridized carbons (Fsp3) is 0.800. The van der Waals surface area contributed by atoms with Gasteiger partial charge in [-0.2, -0.15) is 0 Å². The second-order valence-electron chi connectivity index (χ2n) is 4.20. The van der Waals surface area contributed by atoms with Crippen LogP contribution >= 0.6 is 0 Å². The molecular formula is C10H19N3O2. The van der Waals surface area contributed by atoms with E-state index in [1.54, 1.807) is 0 Å². The summed E-state index contributed by atoms with van der Waals surface area (Å²) in [5.74, 6) is -0.0741. The van der Waals surface area contributed by atoms with Crippen LogP contribution in [0, 0.1) is 0 Å². The predicted molar refractivity (Wildman–Crippen MR) is 57.6 cm³/mol. The van der Waals surface area contributed by atoms with Gasteiger partial charge in [-0.05, 0) is 33.1 Å². The molecule has 1 aliphatic rings. The van der Waals surface area contributed by atoms with Crippen molar-refractivity contribution >= 4 is 11.7 Å². The van der Waals surface area contributed by atoms with Gasteiger partial charge in [0.15, 0.2) is 0 Å². The SMILES string of the molecule is C[C@@H]1CCC[C@H](C)N1C(=O)CC(N)=NO. The van der Waals surface area contributed by atoms with Crippen LogP contribution in [0.5, 0.6) is 0 Å². The molecule has 2 atom stereocenters. The van der Waals surface area contributed by atoms with E-state index in [0.29, 0.717) is 0 Å². The molecule has 1 heterocycles. The van der Waals surface area contributed by atoms with Gasteiger partial charge in [0.2, 0.25) is 5.91 Å². The monoisotopic (exact) mass is 213 g/mol. The van der Waals surface area contributed by atoms with Crippen molar-refractivity contribution in [2.75, 3.05) is 0 Å². The molecule has 0 aromatic carbocycles. The summed E-state index contributed by atoms with van der Waals surface area (Å²) < 4.78 is 0. The van der Waals surface area contributed by atoms with Crippen molar-refractivity contribution in [3.63, 3.8) is 0 Å². The molecule has 1 amide bonds. The van der Waals surface area contributed by atoms with Crippen LogP contribution in [0.25, 0.3) is 0 Å². The van der Waals surface area contributed by atoms with Gasteiger partial charge in [0.05, 0.1) is 6.42 Å². The molecule has 1 aliphatic heterocycles. The van der Waals surface area contributed by atoms with Crippen LogP contribution in [0.4, 0.5) is 0 Å². The van der Waals surface area contributed by atoms with Crippen molar-refractivity contribution in [3.8, 4) is 0 Å². The average Bonchev–Trinajstić information content (AvgIpc) is 2.17. The lowest BCUT2D eigenvalue weighted by molar-refractivity contribution is -0.135. The van der Waals surface area contributed by atoms with Crippen LogP contribution < -0.4 is 5.73 Å². The number of likely N-dealkylation sites (tertiary alicyclic amines) is 1. The number of amides is 1. The highest BCUT2D eigenvalue weighted by molar-refractivity contribution is 5.98. The molecule has 5 nitrogen and oxygen atoms in total. The normalized spacial score (nSPS) is 27.9. The van der Waals surface area contributed by atoms with E-state index in [4.69, 9.17) is 10.9 Å². The Balaban J connectivity index is 2.63. The van der Waals surface area contributed by atoms with Crippen LogP contribution in [0.3, 0.4) is 0 Å². The number of nitrogens with two attached hydrogens (primary N) is 1. The number of hydrogen-bond acceptors (Lipinski definition) is 3. The van der Waals surface area contributed by atoms with E-state index in [0.717, 1.165) is 19.3 Å². The maximum atomic E-state index is 11.8. The molecule has 1 saturated heterocycles. The van der Waals surface area contributed by atoms with Gasteiger partial charge < -0.3 is 15.8 Å². The van der Waals surface area contributed by atoms with Crippen LogP contribution in [0.2, 0.25) is 0 Å². The second kappa shape index (κ2) is 5.00. The highest BCUT2D eigenvalue weighted by Gasteiger charge is 2.28. The largest absolute Gasteiger partial charge is 0.409 e. The standard InChI is InChI=1S/C10H19N3O2/c1-7-4-3-5-8(2)13(7)10(14)6-9(11)12-15/h7-8,15H,3-6H2,1-2H3,(H2,11,12)/t7-,8+. The third-order valence-electron chi connectivity index (χ3n) is 2.94. The summed E-state index contributed by atoms with van der Waals surface area (Å²) >= 11 is 0. The number of oxime groups is 1. The third kappa shape index (κ3) is 2.84. The van der Waals surface area contributed by atoms with Crippen molar-refractivity contribution in [3.05, 3.63) is 0 Å². The lowest BCUT2D eigenvalue weighted by Gasteiger charge is -2.39. The molecule has 0 radical (unpaired) electrons. The molecule has 0 bridgehead atoms. The molecule has 0 aromatic heterocycles. The Morgan fingerprint density at radius 2 is 2.00 bits per heavy atom. The van der Waals surface area contributed by atoms with Gasteiger partial charge in [0.25, 0.3) is 0 Å². The van der Waals surface area contributed by atoms with Gasteiger partial charge in [-0.15, -0.1) is 0 Å². The molecule has 0 saturated carbocycles. The van der Waals surface area contributed by atoms with Crippen molar-refractivity contribution in [1.82, 2.24) is 4.90 Å². The van der Waals surface area contributed by atoms with Crippen LogP contribution in [0.15, 0.2) is 5.16 Å². The molecule has 15 heavy (non-hydrogen) atoms. The first-order valence-corrected chi connectivity index (χ1v) is 5.33. The molecule has 0 aliphatic carbocycles. The Morgan fingerprint density at radius 1 is 1.47 bits per heavy atom. The van der Waals surface area contributed by atoms with E-state index in [9.17, 15) is 4.79 Å². The van der Waals surface area contributed by atoms with Gasteiger partial charge in [-0.25, -0.2) is 0 Å². The summed E-state index contributed by atoms with van der Waals surface area (Å²) in [5.41, 5.74) is 5.32. The Morgan fingerprint density at radius 3 is 2.47 bits per heavy atom. The van der Waals surface area contributed by atoms with Crippen LogP contribution in [0.1, 0.15) is 39.5 Å². The highest BCUT2D eigenvalue weighted by Crippen LogP contribution is 2.22. The quantitative estimate of drug-likeness (QED) is 0.310. The van der Waals surface area contributed by atoms with E-state index in [-0.39, 0.29) is 30.2 Å². The zero-order valence-corrected chi connectivity index (χ0v) is 9.31. The molecule has 3 N–H and O–H groups in total. The Bertz CT molecular complexity index is 255. The van der Waals surface area contributed by atoms with E-state index >= 15 is 0 Å². The summed E-state index contributed by atoms with van der Waals surface area (Å²) in [7, 11) is 0. The van der Waals surface area contributed by atoms with Gasteiger partial charge in [0, 0.05) is 12.1 Å². The van der Waals surface area contributed by atoms with E-state index in [1.807, 2.05) is 18.7 Å². The summed E-state index contributed by atoms with van der Waals surface area (Å²) in [4.78, 5) is 13.7. The Hall–Kier alpha value is -1.26. The van der Waals surface area contributed by atoms with Gasteiger partial charge in [-0.1, -0.05) is 5.16 Å². The minimum absolute atomic E-state index is 0.00514. The maximum Gasteiger partial charge on any atom is 0.230 e. The molecule has 0 spiro atoms. The van der Waals surface area contributed by atoms with E-state index < -0.39 is 0 Å². The summed E-state index contributed by atoms with van der Waals surface area (Å²) in [5, 5.41) is 11.2. The number of carbonyl (C=O) groups excluding carboxylic acids is 1. The molecule has 86 valence electrons. The van der Waals surface area contributed by atoms with E-state index in [1.165, 1.54) is 0 Å². The van der Waals surface area contributed by atoms with Crippen molar-refractivity contribution in [2.24, 2.45) is 10.9 Å². The smallest absolute Gasteiger partial charge is 0.230 e. The Kier molecular flexibility index (Phi) is 3.94. The van der Waals surface area contributed by atoms with Crippen molar-refractivity contribution in [1.29, 1.82) is 0 Å². The lowest BCUT2D eigenvalue weighted by Crippen LogP contribution is -2.48. The first kappa shape index (κ1) is 11.8. The van der Waals surface area contributed by atoms with Crippen LogP contribution in [-0.2, 0) is 4.79 Å². The Labute approximate surface area is 89.9 Å². The third-order valence-corrected chi connectivity index (χ3v) is 2.94. The second-order valence-corrected chi connectivity index (χ2v) is 4.20. The minimum atomic E-state index is -0.0509. The van der Waals surface area contributed by atoms with Gasteiger partial charge in [0.1, 0.15) is 5.84 Å². The number of nitrogens with zero attached hydrogens (tertiary/aromatic N) is 2. The zero-order chi connectivity index (χ0) is 11.4. The molecule has 0 aromatic rings. The van der Waals surface area contributed by atoms with E-state index in [2.05, 4.69) is 5.16 Å².